The van der Waals surface area contributed by atoms with E-state index in [1.807, 2.05) is 24.3 Å². The van der Waals surface area contributed by atoms with Crippen molar-refractivity contribution in [3.05, 3.63) is 30.0 Å². The molecule has 2 rings (SSSR count). The van der Waals surface area contributed by atoms with Crippen LogP contribution in [0.25, 0.3) is 11.3 Å². The molecule has 118 valence electrons. The average Bonchev–Trinajstić information content (AvgIpc) is 2.90. The van der Waals surface area contributed by atoms with Crippen molar-refractivity contribution in [3.8, 4) is 17.0 Å². The van der Waals surface area contributed by atoms with Gasteiger partial charge in [-0.2, -0.15) is 5.10 Å². The number of H-pyrrole nitrogens is 1. The molecule has 0 aliphatic rings. The number of carbonyl (C=O) groups is 1. The highest BCUT2D eigenvalue weighted by Crippen LogP contribution is 2.35. The molecule has 0 saturated carbocycles. The minimum atomic E-state index is -0.211. The molecule has 6 heteroatoms. The Balaban J connectivity index is 2.44. The van der Waals surface area contributed by atoms with Crippen molar-refractivity contribution < 1.29 is 14.3 Å². The number of para-hydroxylation sites is 1. The van der Waals surface area contributed by atoms with E-state index < -0.39 is 0 Å². The number of rotatable bonds is 7. The Hall–Kier alpha value is -2.34. The lowest BCUT2D eigenvalue weighted by Gasteiger charge is -2.10. The van der Waals surface area contributed by atoms with Crippen LogP contribution >= 0.6 is 0 Å². The smallest absolute Gasteiger partial charge is 0.250 e. The van der Waals surface area contributed by atoms with Crippen LogP contribution in [0.3, 0.4) is 0 Å². The lowest BCUT2D eigenvalue weighted by molar-refractivity contribution is -0.119. The second-order valence-electron chi connectivity index (χ2n) is 4.86. The van der Waals surface area contributed by atoms with Crippen LogP contribution in [0.5, 0.6) is 5.75 Å². The van der Waals surface area contributed by atoms with Crippen LogP contribution in [0.4, 0.5) is 5.69 Å². The summed E-state index contributed by atoms with van der Waals surface area (Å²) >= 11 is 0. The molecule has 0 unspecified atom stereocenters. The highest BCUT2D eigenvalue weighted by Gasteiger charge is 2.19. The molecule has 6 nitrogen and oxygen atoms in total. The summed E-state index contributed by atoms with van der Waals surface area (Å²) in [5, 5.41) is 10.3. The van der Waals surface area contributed by atoms with Crippen molar-refractivity contribution in [1.29, 1.82) is 0 Å². The normalized spacial score (nSPS) is 10.5. The third kappa shape index (κ3) is 3.46. The van der Waals surface area contributed by atoms with Crippen LogP contribution in [0.15, 0.2) is 24.3 Å². The molecule has 0 aliphatic heterocycles. The Morgan fingerprint density at radius 2 is 2.09 bits per heavy atom. The second-order valence-corrected chi connectivity index (χ2v) is 4.86. The minimum absolute atomic E-state index is 0.00209. The standard InChI is InChI=1S/C16H21N3O3/c1-4-7-12-16(17-14(20)10-21-2)15(19-18-12)11-8-5-6-9-13(11)22-3/h5-6,8-9H,4,7,10H2,1-3H3,(H,17,20)(H,18,19). The van der Waals surface area contributed by atoms with E-state index in [0.29, 0.717) is 17.1 Å². The summed E-state index contributed by atoms with van der Waals surface area (Å²) in [4.78, 5) is 11.9. The SMILES string of the molecule is CCCc1[nH]nc(-c2ccccc2OC)c1NC(=O)COC. The van der Waals surface area contributed by atoms with Gasteiger partial charge in [0, 0.05) is 12.7 Å². The van der Waals surface area contributed by atoms with E-state index in [-0.39, 0.29) is 12.5 Å². The third-order valence-corrected chi connectivity index (χ3v) is 3.24. The summed E-state index contributed by atoms with van der Waals surface area (Å²) in [6, 6.07) is 7.58. The Morgan fingerprint density at radius 3 is 2.77 bits per heavy atom. The third-order valence-electron chi connectivity index (χ3n) is 3.24. The molecule has 1 aromatic carbocycles. The molecule has 2 aromatic rings. The lowest BCUT2D eigenvalue weighted by atomic mass is 10.1. The number of nitrogens with zero attached hydrogens (tertiary/aromatic N) is 1. The quantitative estimate of drug-likeness (QED) is 0.824. The molecule has 1 heterocycles. The molecule has 2 N–H and O–H groups in total. The molecule has 0 fully saturated rings. The maximum absolute atomic E-state index is 11.9. The van der Waals surface area contributed by atoms with Gasteiger partial charge in [0.15, 0.2) is 0 Å². The van der Waals surface area contributed by atoms with E-state index >= 15 is 0 Å². The van der Waals surface area contributed by atoms with Crippen LogP contribution in [0.2, 0.25) is 0 Å². The first-order chi connectivity index (χ1) is 10.7. The zero-order valence-electron chi connectivity index (χ0n) is 13.1. The van der Waals surface area contributed by atoms with Gasteiger partial charge in [-0.1, -0.05) is 25.5 Å². The topological polar surface area (TPSA) is 76.2 Å². The summed E-state index contributed by atoms with van der Waals surface area (Å²) in [7, 11) is 3.10. The fourth-order valence-corrected chi connectivity index (χ4v) is 2.29. The summed E-state index contributed by atoms with van der Waals surface area (Å²) in [5.41, 5.74) is 3.09. The highest BCUT2D eigenvalue weighted by molar-refractivity contribution is 5.96. The van der Waals surface area contributed by atoms with Crippen LogP contribution in [-0.4, -0.2) is 36.9 Å². The maximum atomic E-state index is 11.9. The largest absolute Gasteiger partial charge is 0.496 e. The molecule has 0 bridgehead atoms. The van der Waals surface area contributed by atoms with Gasteiger partial charge in [0.2, 0.25) is 5.91 Å². The molecule has 0 saturated heterocycles. The Kier molecular flexibility index (Phi) is 5.55. The van der Waals surface area contributed by atoms with Crippen LogP contribution in [-0.2, 0) is 16.0 Å². The number of aryl methyl sites for hydroxylation is 1. The van der Waals surface area contributed by atoms with Crippen LogP contribution < -0.4 is 10.1 Å². The zero-order chi connectivity index (χ0) is 15.9. The number of methoxy groups -OCH3 is 2. The van der Waals surface area contributed by atoms with Crippen molar-refractivity contribution in [3.63, 3.8) is 0 Å². The molecule has 1 amide bonds. The maximum Gasteiger partial charge on any atom is 0.250 e. The lowest BCUT2D eigenvalue weighted by Crippen LogP contribution is -2.18. The monoisotopic (exact) mass is 303 g/mol. The molecule has 0 radical (unpaired) electrons. The van der Waals surface area contributed by atoms with E-state index in [1.54, 1.807) is 7.11 Å². The predicted octanol–water partition coefficient (Wildman–Crippen LogP) is 2.62. The summed E-state index contributed by atoms with van der Waals surface area (Å²) in [6.07, 6.45) is 1.74. The van der Waals surface area contributed by atoms with Crippen LogP contribution in [0.1, 0.15) is 19.0 Å². The fraction of sp³-hybridized carbons (Fsp3) is 0.375. The van der Waals surface area contributed by atoms with Gasteiger partial charge in [-0.3, -0.25) is 9.89 Å². The summed E-state index contributed by atoms with van der Waals surface area (Å²) < 4.78 is 10.3. The first kappa shape index (κ1) is 16.0. The van der Waals surface area contributed by atoms with E-state index in [9.17, 15) is 4.79 Å². The van der Waals surface area contributed by atoms with Crippen molar-refractivity contribution >= 4 is 11.6 Å². The zero-order valence-corrected chi connectivity index (χ0v) is 13.1. The Labute approximate surface area is 129 Å². The number of carbonyl (C=O) groups excluding carboxylic acids is 1. The summed E-state index contributed by atoms with van der Waals surface area (Å²) in [5.74, 6) is 0.497. The van der Waals surface area contributed by atoms with E-state index in [2.05, 4.69) is 22.4 Å². The number of amides is 1. The molecule has 0 spiro atoms. The molecule has 22 heavy (non-hydrogen) atoms. The van der Waals surface area contributed by atoms with E-state index in [1.165, 1.54) is 7.11 Å². The van der Waals surface area contributed by atoms with Gasteiger partial charge in [-0.25, -0.2) is 0 Å². The van der Waals surface area contributed by atoms with E-state index in [4.69, 9.17) is 9.47 Å². The molecule has 1 aromatic heterocycles. The van der Waals surface area contributed by atoms with Gasteiger partial charge in [0.1, 0.15) is 18.1 Å². The minimum Gasteiger partial charge on any atom is -0.496 e. The number of hydrogen-bond donors (Lipinski definition) is 2. The number of benzene rings is 1. The molecule has 0 atom stereocenters. The van der Waals surface area contributed by atoms with Gasteiger partial charge in [-0.15, -0.1) is 0 Å². The number of aromatic nitrogens is 2. The van der Waals surface area contributed by atoms with E-state index in [0.717, 1.165) is 24.1 Å². The average molecular weight is 303 g/mol. The summed E-state index contributed by atoms with van der Waals surface area (Å²) in [6.45, 7) is 2.08. The predicted molar refractivity (Wildman–Crippen MR) is 85.1 cm³/mol. The van der Waals surface area contributed by atoms with Gasteiger partial charge >= 0.3 is 0 Å². The fourth-order valence-electron chi connectivity index (χ4n) is 2.29. The first-order valence-electron chi connectivity index (χ1n) is 7.20. The highest BCUT2D eigenvalue weighted by atomic mass is 16.5. The number of nitrogens with one attached hydrogen (secondary N) is 2. The first-order valence-corrected chi connectivity index (χ1v) is 7.20. The van der Waals surface area contributed by atoms with Crippen molar-refractivity contribution in [2.24, 2.45) is 0 Å². The van der Waals surface area contributed by atoms with Crippen molar-refractivity contribution in [1.82, 2.24) is 10.2 Å². The Bertz CT molecular complexity index is 637. The second kappa shape index (κ2) is 7.61. The molecular weight excluding hydrogens is 282 g/mol. The number of hydrogen-bond acceptors (Lipinski definition) is 4. The van der Waals surface area contributed by atoms with Gasteiger partial charge in [0.25, 0.3) is 0 Å². The van der Waals surface area contributed by atoms with Gasteiger partial charge in [-0.05, 0) is 18.6 Å². The van der Waals surface area contributed by atoms with Gasteiger partial charge < -0.3 is 14.8 Å². The molecular formula is C16H21N3O3. The van der Waals surface area contributed by atoms with Crippen molar-refractivity contribution in [2.75, 3.05) is 26.1 Å². The van der Waals surface area contributed by atoms with Gasteiger partial charge in [0.05, 0.1) is 18.5 Å². The Morgan fingerprint density at radius 1 is 1.32 bits per heavy atom. The van der Waals surface area contributed by atoms with Crippen molar-refractivity contribution in [2.45, 2.75) is 19.8 Å². The number of aromatic amines is 1. The molecule has 0 aliphatic carbocycles. The number of ether oxygens (including phenoxy) is 2. The van der Waals surface area contributed by atoms with Crippen LogP contribution in [0, 0.1) is 0 Å². The number of anilines is 1.